The van der Waals surface area contributed by atoms with Gasteiger partial charge in [0.05, 0.1) is 20.3 Å². The van der Waals surface area contributed by atoms with Crippen LogP contribution in [-0.2, 0) is 0 Å². The second kappa shape index (κ2) is 8.75. The molecule has 0 spiro atoms. The number of aromatic carboxylic acids is 1. The van der Waals surface area contributed by atoms with E-state index in [2.05, 4.69) is 5.32 Å². The Morgan fingerprint density at radius 3 is 2.27 bits per heavy atom. The standard InChI is InChI=1S/C19H21NO6/c1-4-25-15-9-6-12(10-17(15)26-5-2)18(21)20-13-7-8-14(19(22)23)16(11-13)24-3/h6-11H,4-5H2,1-3H3,(H,20,21)(H,22,23). The zero-order valence-electron chi connectivity index (χ0n) is 14.9. The first-order chi connectivity index (χ1) is 12.5. The molecule has 0 heterocycles. The van der Waals surface area contributed by atoms with Gasteiger partial charge in [-0.2, -0.15) is 0 Å². The molecule has 0 aliphatic heterocycles. The number of amides is 1. The molecule has 0 atom stereocenters. The Labute approximate surface area is 151 Å². The van der Waals surface area contributed by atoms with E-state index in [0.717, 1.165) is 0 Å². The zero-order valence-corrected chi connectivity index (χ0v) is 14.9. The molecule has 0 saturated heterocycles. The lowest BCUT2D eigenvalue weighted by atomic mass is 10.1. The van der Waals surface area contributed by atoms with E-state index >= 15 is 0 Å². The Kier molecular flexibility index (Phi) is 6.43. The van der Waals surface area contributed by atoms with Crippen molar-refractivity contribution in [3.63, 3.8) is 0 Å². The van der Waals surface area contributed by atoms with Gasteiger partial charge in [0.25, 0.3) is 5.91 Å². The van der Waals surface area contributed by atoms with Crippen molar-refractivity contribution in [1.82, 2.24) is 0 Å². The lowest BCUT2D eigenvalue weighted by molar-refractivity contribution is 0.0693. The minimum absolute atomic E-state index is 0.0187. The van der Waals surface area contributed by atoms with Crippen LogP contribution in [-0.4, -0.2) is 37.3 Å². The highest BCUT2D eigenvalue weighted by Gasteiger charge is 2.15. The lowest BCUT2D eigenvalue weighted by Crippen LogP contribution is -2.13. The average Bonchev–Trinajstić information content (AvgIpc) is 2.63. The van der Waals surface area contributed by atoms with Crippen molar-refractivity contribution < 1.29 is 28.9 Å². The molecule has 7 heteroatoms. The third-order valence-electron chi connectivity index (χ3n) is 3.50. The number of carboxylic acids is 1. The first-order valence-electron chi connectivity index (χ1n) is 8.12. The van der Waals surface area contributed by atoms with Gasteiger partial charge < -0.3 is 24.6 Å². The molecule has 138 valence electrons. The molecule has 0 aromatic heterocycles. The van der Waals surface area contributed by atoms with Crippen LogP contribution in [0.3, 0.4) is 0 Å². The highest BCUT2D eigenvalue weighted by molar-refractivity contribution is 6.05. The van der Waals surface area contributed by atoms with Crippen LogP contribution in [0.5, 0.6) is 17.2 Å². The molecule has 0 aliphatic rings. The predicted octanol–water partition coefficient (Wildman–Crippen LogP) is 3.44. The normalized spacial score (nSPS) is 10.1. The molecule has 0 bridgehead atoms. The molecule has 0 aliphatic carbocycles. The number of carbonyl (C=O) groups excluding carboxylic acids is 1. The van der Waals surface area contributed by atoms with E-state index in [0.29, 0.717) is 36.0 Å². The van der Waals surface area contributed by atoms with Gasteiger partial charge in [-0.25, -0.2) is 4.79 Å². The molecular weight excluding hydrogens is 338 g/mol. The van der Waals surface area contributed by atoms with Gasteiger partial charge >= 0.3 is 5.97 Å². The van der Waals surface area contributed by atoms with Gasteiger partial charge in [0.2, 0.25) is 0 Å². The van der Waals surface area contributed by atoms with Crippen molar-refractivity contribution in [2.75, 3.05) is 25.6 Å². The van der Waals surface area contributed by atoms with E-state index in [9.17, 15) is 9.59 Å². The number of ether oxygens (including phenoxy) is 3. The second-order valence-corrected chi connectivity index (χ2v) is 5.20. The molecule has 1 amide bonds. The summed E-state index contributed by atoms with van der Waals surface area (Å²) in [6.07, 6.45) is 0. The SMILES string of the molecule is CCOc1ccc(C(=O)Nc2ccc(C(=O)O)c(OC)c2)cc1OCC. The average molecular weight is 359 g/mol. The minimum Gasteiger partial charge on any atom is -0.496 e. The fourth-order valence-electron chi connectivity index (χ4n) is 2.34. The lowest BCUT2D eigenvalue weighted by Gasteiger charge is -2.13. The summed E-state index contributed by atoms with van der Waals surface area (Å²) in [6, 6.07) is 9.25. The fraction of sp³-hybridized carbons (Fsp3) is 0.263. The molecule has 0 fully saturated rings. The molecular formula is C19H21NO6. The number of nitrogens with one attached hydrogen (secondary N) is 1. The van der Waals surface area contributed by atoms with E-state index in [4.69, 9.17) is 19.3 Å². The van der Waals surface area contributed by atoms with Gasteiger partial charge in [0, 0.05) is 17.3 Å². The maximum absolute atomic E-state index is 12.5. The molecule has 2 aromatic rings. The third kappa shape index (κ3) is 4.44. The number of hydrogen-bond acceptors (Lipinski definition) is 5. The van der Waals surface area contributed by atoms with Crippen LogP contribution in [0.2, 0.25) is 0 Å². The van der Waals surface area contributed by atoms with Crippen LogP contribution in [0.4, 0.5) is 5.69 Å². The van der Waals surface area contributed by atoms with Gasteiger partial charge in [-0.3, -0.25) is 4.79 Å². The molecule has 2 aromatic carbocycles. The highest BCUT2D eigenvalue weighted by Crippen LogP contribution is 2.29. The summed E-state index contributed by atoms with van der Waals surface area (Å²) in [5.74, 6) is -0.247. The Morgan fingerprint density at radius 1 is 0.962 bits per heavy atom. The molecule has 7 nitrogen and oxygen atoms in total. The molecule has 0 saturated carbocycles. The monoisotopic (exact) mass is 359 g/mol. The number of rotatable bonds is 8. The second-order valence-electron chi connectivity index (χ2n) is 5.20. The number of methoxy groups -OCH3 is 1. The van der Waals surface area contributed by atoms with Crippen molar-refractivity contribution in [2.45, 2.75) is 13.8 Å². The number of carboxylic acid groups (broad SMARTS) is 1. The Morgan fingerprint density at radius 2 is 1.65 bits per heavy atom. The minimum atomic E-state index is -1.10. The van der Waals surface area contributed by atoms with E-state index in [1.54, 1.807) is 18.2 Å². The maximum Gasteiger partial charge on any atom is 0.339 e. The van der Waals surface area contributed by atoms with Crippen LogP contribution in [0, 0.1) is 0 Å². The van der Waals surface area contributed by atoms with Gasteiger partial charge in [0.15, 0.2) is 11.5 Å². The Balaban J connectivity index is 2.24. The van der Waals surface area contributed by atoms with Crippen molar-refractivity contribution in [3.8, 4) is 17.2 Å². The third-order valence-corrected chi connectivity index (χ3v) is 3.50. The summed E-state index contributed by atoms with van der Waals surface area (Å²) in [7, 11) is 1.37. The van der Waals surface area contributed by atoms with Crippen LogP contribution >= 0.6 is 0 Å². The molecule has 2 N–H and O–H groups in total. The molecule has 0 radical (unpaired) electrons. The van der Waals surface area contributed by atoms with Crippen molar-refractivity contribution in [2.24, 2.45) is 0 Å². The van der Waals surface area contributed by atoms with Gasteiger partial charge in [-0.15, -0.1) is 0 Å². The Bertz CT molecular complexity index is 803. The number of benzene rings is 2. The summed E-state index contributed by atoms with van der Waals surface area (Å²) >= 11 is 0. The quantitative estimate of drug-likeness (QED) is 0.750. The molecule has 0 unspecified atom stereocenters. The molecule has 26 heavy (non-hydrogen) atoms. The summed E-state index contributed by atoms with van der Waals surface area (Å²) < 4.78 is 16.1. The van der Waals surface area contributed by atoms with Crippen molar-refractivity contribution in [3.05, 3.63) is 47.5 Å². The fourth-order valence-corrected chi connectivity index (χ4v) is 2.34. The summed E-state index contributed by atoms with van der Waals surface area (Å²) in [5.41, 5.74) is 0.826. The van der Waals surface area contributed by atoms with Crippen molar-refractivity contribution >= 4 is 17.6 Å². The van der Waals surface area contributed by atoms with Gasteiger partial charge in [-0.05, 0) is 44.2 Å². The highest BCUT2D eigenvalue weighted by atomic mass is 16.5. The number of anilines is 1. The summed E-state index contributed by atoms with van der Waals surface area (Å²) in [6.45, 7) is 4.64. The van der Waals surface area contributed by atoms with Crippen LogP contribution in [0.1, 0.15) is 34.6 Å². The first kappa shape index (κ1) is 19.1. The first-order valence-corrected chi connectivity index (χ1v) is 8.12. The smallest absolute Gasteiger partial charge is 0.339 e. The van der Waals surface area contributed by atoms with Gasteiger partial charge in [0.1, 0.15) is 11.3 Å². The van der Waals surface area contributed by atoms with E-state index in [-0.39, 0.29) is 17.2 Å². The van der Waals surface area contributed by atoms with E-state index in [1.165, 1.54) is 25.3 Å². The van der Waals surface area contributed by atoms with Crippen molar-refractivity contribution in [1.29, 1.82) is 0 Å². The molecule has 2 rings (SSSR count). The topological polar surface area (TPSA) is 94.1 Å². The largest absolute Gasteiger partial charge is 0.496 e. The summed E-state index contributed by atoms with van der Waals surface area (Å²) in [4.78, 5) is 23.6. The predicted molar refractivity (Wildman–Crippen MR) is 96.7 cm³/mol. The Hall–Kier alpha value is -3.22. The maximum atomic E-state index is 12.5. The van der Waals surface area contributed by atoms with Crippen LogP contribution in [0.25, 0.3) is 0 Å². The number of carbonyl (C=O) groups is 2. The van der Waals surface area contributed by atoms with E-state index in [1.807, 2.05) is 13.8 Å². The summed E-state index contributed by atoms with van der Waals surface area (Å²) in [5, 5.41) is 11.8. The zero-order chi connectivity index (χ0) is 19.1. The van der Waals surface area contributed by atoms with Crippen LogP contribution in [0.15, 0.2) is 36.4 Å². The van der Waals surface area contributed by atoms with Gasteiger partial charge in [-0.1, -0.05) is 0 Å². The number of hydrogen-bond donors (Lipinski definition) is 2. The van der Waals surface area contributed by atoms with E-state index < -0.39 is 5.97 Å². The van der Waals surface area contributed by atoms with Crippen LogP contribution < -0.4 is 19.5 Å².